The monoisotopic (exact) mass is 343 g/mol. The van der Waals surface area contributed by atoms with Crippen LogP contribution in [0.25, 0.3) is 0 Å². The maximum atomic E-state index is 13.6. The fraction of sp³-hybridized carbons (Fsp3) is 0.222. The predicted molar refractivity (Wildman–Crippen MR) is 92.3 cm³/mol. The van der Waals surface area contributed by atoms with Crippen LogP contribution in [0.2, 0.25) is 0 Å². The zero-order valence-corrected chi connectivity index (χ0v) is 13.7. The Hall–Kier alpha value is -3.09. The molecule has 1 atom stereocenters. The zero-order valence-electron chi connectivity index (χ0n) is 13.7. The number of carbonyl (C=O) groups excluding carboxylic acids is 2. The van der Waals surface area contributed by atoms with Crippen molar-refractivity contribution in [1.29, 1.82) is 0 Å². The van der Waals surface area contributed by atoms with Crippen molar-refractivity contribution >= 4 is 23.3 Å². The van der Waals surface area contributed by atoms with E-state index in [1.165, 1.54) is 12.1 Å². The van der Waals surface area contributed by atoms with Gasteiger partial charge >= 0.3 is 6.03 Å². The number of rotatable bonds is 4. The van der Waals surface area contributed by atoms with Crippen molar-refractivity contribution in [2.75, 3.05) is 23.9 Å². The van der Waals surface area contributed by atoms with Gasteiger partial charge in [-0.05, 0) is 36.4 Å². The highest BCUT2D eigenvalue weighted by Crippen LogP contribution is 2.24. The highest BCUT2D eigenvalue weighted by Gasteiger charge is 2.31. The molecule has 0 saturated carbocycles. The van der Waals surface area contributed by atoms with Gasteiger partial charge in [-0.2, -0.15) is 0 Å². The molecule has 7 heteroatoms. The molecule has 130 valence electrons. The SMILES string of the molecule is COc1ccc(N2C[C@@H](NC(=O)Nc3ccccc3F)CC2=O)cc1. The summed E-state index contributed by atoms with van der Waals surface area (Å²) in [5.41, 5.74) is 0.834. The minimum atomic E-state index is -0.542. The van der Waals surface area contributed by atoms with E-state index in [-0.39, 0.29) is 24.1 Å². The maximum Gasteiger partial charge on any atom is 0.319 e. The van der Waals surface area contributed by atoms with Crippen LogP contribution in [-0.4, -0.2) is 31.6 Å². The summed E-state index contributed by atoms with van der Waals surface area (Å²) in [6.45, 7) is 0.357. The van der Waals surface area contributed by atoms with Crippen molar-refractivity contribution in [1.82, 2.24) is 5.32 Å². The van der Waals surface area contributed by atoms with Crippen LogP contribution in [0.3, 0.4) is 0 Å². The molecule has 3 rings (SSSR count). The molecule has 1 aliphatic rings. The number of amides is 3. The van der Waals surface area contributed by atoms with Crippen LogP contribution in [0.4, 0.5) is 20.6 Å². The number of urea groups is 1. The molecule has 3 amide bonds. The van der Waals surface area contributed by atoms with Crippen LogP contribution in [0.1, 0.15) is 6.42 Å². The van der Waals surface area contributed by atoms with Crippen LogP contribution in [0.15, 0.2) is 48.5 Å². The molecular weight excluding hydrogens is 325 g/mol. The number of methoxy groups -OCH3 is 1. The first kappa shape index (κ1) is 16.8. The third kappa shape index (κ3) is 3.88. The molecule has 0 radical (unpaired) electrons. The fourth-order valence-electron chi connectivity index (χ4n) is 2.72. The number of hydrogen-bond donors (Lipinski definition) is 2. The Kier molecular flexibility index (Phi) is 4.83. The summed E-state index contributed by atoms with van der Waals surface area (Å²) in [4.78, 5) is 25.8. The molecule has 0 aromatic heterocycles. The molecule has 1 heterocycles. The third-order valence-electron chi connectivity index (χ3n) is 3.97. The minimum Gasteiger partial charge on any atom is -0.497 e. The average Bonchev–Trinajstić information content (AvgIpc) is 2.97. The van der Waals surface area contributed by atoms with E-state index in [9.17, 15) is 14.0 Å². The summed E-state index contributed by atoms with van der Waals surface area (Å²) in [6, 6.07) is 12.1. The van der Waals surface area contributed by atoms with Crippen LogP contribution in [-0.2, 0) is 4.79 Å². The Bertz CT molecular complexity index is 779. The Labute approximate surface area is 144 Å². The largest absolute Gasteiger partial charge is 0.497 e. The number of carbonyl (C=O) groups is 2. The fourth-order valence-corrected chi connectivity index (χ4v) is 2.72. The number of para-hydroxylation sites is 1. The normalized spacial score (nSPS) is 16.6. The van der Waals surface area contributed by atoms with E-state index in [0.29, 0.717) is 12.3 Å². The summed E-state index contributed by atoms with van der Waals surface area (Å²) >= 11 is 0. The lowest BCUT2D eigenvalue weighted by molar-refractivity contribution is -0.117. The van der Waals surface area contributed by atoms with Crippen molar-refractivity contribution in [3.8, 4) is 5.75 Å². The first-order valence-corrected chi connectivity index (χ1v) is 7.83. The molecule has 0 aliphatic carbocycles. The molecule has 1 fully saturated rings. The second-order valence-corrected chi connectivity index (χ2v) is 5.68. The van der Waals surface area contributed by atoms with Crippen LogP contribution < -0.4 is 20.3 Å². The van der Waals surface area contributed by atoms with Gasteiger partial charge in [0.25, 0.3) is 0 Å². The van der Waals surface area contributed by atoms with E-state index in [0.717, 1.165) is 5.69 Å². The molecule has 1 saturated heterocycles. The lowest BCUT2D eigenvalue weighted by Gasteiger charge is -2.18. The van der Waals surface area contributed by atoms with Gasteiger partial charge in [-0.15, -0.1) is 0 Å². The first-order chi connectivity index (χ1) is 12.1. The molecule has 2 N–H and O–H groups in total. The number of anilines is 2. The molecule has 0 bridgehead atoms. The van der Waals surface area contributed by atoms with Crippen LogP contribution in [0.5, 0.6) is 5.75 Å². The molecule has 0 spiro atoms. The predicted octanol–water partition coefficient (Wildman–Crippen LogP) is 2.76. The van der Waals surface area contributed by atoms with E-state index < -0.39 is 11.8 Å². The summed E-state index contributed by atoms with van der Waals surface area (Å²) in [5.74, 6) is 0.107. The smallest absolute Gasteiger partial charge is 0.319 e. The first-order valence-electron chi connectivity index (χ1n) is 7.83. The zero-order chi connectivity index (χ0) is 17.8. The second kappa shape index (κ2) is 7.21. The van der Waals surface area contributed by atoms with Gasteiger partial charge < -0.3 is 20.3 Å². The Morgan fingerprint density at radius 2 is 1.92 bits per heavy atom. The average molecular weight is 343 g/mol. The van der Waals surface area contributed by atoms with Gasteiger partial charge in [0, 0.05) is 18.7 Å². The van der Waals surface area contributed by atoms with Gasteiger partial charge in [0.05, 0.1) is 18.8 Å². The van der Waals surface area contributed by atoms with Crippen LogP contribution >= 0.6 is 0 Å². The molecule has 6 nitrogen and oxygen atoms in total. The van der Waals surface area contributed by atoms with Gasteiger partial charge in [-0.3, -0.25) is 4.79 Å². The summed E-state index contributed by atoms with van der Waals surface area (Å²) < 4.78 is 18.7. The number of ether oxygens (including phenoxy) is 1. The quantitative estimate of drug-likeness (QED) is 0.897. The number of nitrogens with one attached hydrogen (secondary N) is 2. The molecule has 0 unspecified atom stereocenters. The Morgan fingerprint density at radius 1 is 1.20 bits per heavy atom. The van der Waals surface area contributed by atoms with Gasteiger partial charge in [0.15, 0.2) is 0 Å². The summed E-state index contributed by atoms with van der Waals surface area (Å²) in [7, 11) is 1.57. The molecule has 2 aromatic rings. The standard InChI is InChI=1S/C18H18FN3O3/c1-25-14-8-6-13(7-9-14)22-11-12(10-17(22)23)20-18(24)21-16-5-3-2-4-15(16)19/h2-9,12H,10-11H2,1H3,(H2,20,21,24)/t12-/m0/s1. The van der Waals surface area contributed by atoms with E-state index >= 15 is 0 Å². The number of nitrogens with zero attached hydrogens (tertiary/aromatic N) is 1. The lowest BCUT2D eigenvalue weighted by Crippen LogP contribution is -2.39. The third-order valence-corrected chi connectivity index (χ3v) is 3.97. The minimum absolute atomic E-state index is 0.0821. The highest BCUT2D eigenvalue weighted by atomic mass is 19.1. The van der Waals surface area contributed by atoms with Gasteiger partial charge in [0.1, 0.15) is 11.6 Å². The van der Waals surface area contributed by atoms with Crippen molar-refractivity contribution in [2.45, 2.75) is 12.5 Å². The highest BCUT2D eigenvalue weighted by molar-refractivity contribution is 5.97. The van der Waals surface area contributed by atoms with Gasteiger partial charge in [0.2, 0.25) is 5.91 Å². The van der Waals surface area contributed by atoms with Crippen molar-refractivity contribution in [2.24, 2.45) is 0 Å². The number of hydrogen-bond acceptors (Lipinski definition) is 3. The molecule has 25 heavy (non-hydrogen) atoms. The van der Waals surface area contributed by atoms with E-state index in [2.05, 4.69) is 10.6 Å². The molecule has 2 aromatic carbocycles. The topological polar surface area (TPSA) is 70.7 Å². The van der Waals surface area contributed by atoms with E-state index in [1.54, 1.807) is 48.4 Å². The number of halogens is 1. The number of benzene rings is 2. The maximum absolute atomic E-state index is 13.6. The Balaban J connectivity index is 1.60. The molecule has 1 aliphatic heterocycles. The summed E-state index contributed by atoms with van der Waals surface area (Å²) in [6.07, 6.45) is 0.191. The van der Waals surface area contributed by atoms with E-state index in [4.69, 9.17) is 4.74 Å². The Morgan fingerprint density at radius 3 is 2.60 bits per heavy atom. The van der Waals surface area contributed by atoms with Crippen molar-refractivity contribution < 1.29 is 18.7 Å². The van der Waals surface area contributed by atoms with Gasteiger partial charge in [-0.1, -0.05) is 12.1 Å². The van der Waals surface area contributed by atoms with Crippen molar-refractivity contribution in [3.05, 3.63) is 54.3 Å². The van der Waals surface area contributed by atoms with Gasteiger partial charge in [-0.25, -0.2) is 9.18 Å². The lowest BCUT2D eigenvalue weighted by atomic mass is 10.2. The second-order valence-electron chi connectivity index (χ2n) is 5.68. The molecular formula is C18H18FN3O3. The van der Waals surface area contributed by atoms with Crippen LogP contribution in [0, 0.1) is 5.82 Å². The summed E-state index contributed by atoms with van der Waals surface area (Å²) in [5, 5.41) is 5.15. The van der Waals surface area contributed by atoms with E-state index in [1.807, 2.05) is 0 Å². The van der Waals surface area contributed by atoms with Crippen molar-refractivity contribution in [3.63, 3.8) is 0 Å².